The fourth-order valence-corrected chi connectivity index (χ4v) is 3.45. The van der Waals surface area contributed by atoms with Gasteiger partial charge in [-0.2, -0.15) is 17.5 Å². The van der Waals surface area contributed by atoms with Crippen LogP contribution < -0.4 is 0 Å². The van der Waals surface area contributed by atoms with Gasteiger partial charge in [0.05, 0.1) is 10.5 Å². The molecule has 20 heavy (non-hydrogen) atoms. The summed E-state index contributed by atoms with van der Waals surface area (Å²) in [6.45, 7) is -0.511. The van der Waals surface area contributed by atoms with Crippen molar-refractivity contribution in [2.75, 3.05) is 13.1 Å². The molecule has 0 N–H and O–H groups in total. The molecular formula is C11H10F5NO2S. The van der Waals surface area contributed by atoms with Crippen LogP contribution in [0.4, 0.5) is 22.0 Å². The van der Waals surface area contributed by atoms with Crippen LogP contribution in [0.2, 0.25) is 0 Å². The smallest absolute Gasteiger partial charge is 0.246 e. The second-order valence-corrected chi connectivity index (χ2v) is 6.33. The molecule has 0 aliphatic carbocycles. The number of sulfonamides is 1. The van der Waals surface area contributed by atoms with Crippen molar-refractivity contribution in [2.24, 2.45) is 0 Å². The van der Waals surface area contributed by atoms with Gasteiger partial charge in [-0.05, 0) is 24.6 Å². The Morgan fingerprint density at radius 2 is 1.90 bits per heavy atom. The molecule has 3 nitrogen and oxygen atoms in total. The highest BCUT2D eigenvalue weighted by Crippen LogP contribution is 2.33. The van der Waals surface area contributed by atoms with E-state index in [4.69, 9.17) is 0 Å². The molecule has 9 heteroatoms. The second kappa shape index (κ2) is 4.96. The van der Waals surface area contributed by atoms with Gasteiger partial charge in [0.2, 0.25) is 10.0 Å². The normalized spacial score (nSPS) is 21.4. The molecule has 1 fully saturated rings. The zero-order valence-corrected chi connectivity index (χ0v) is 10.8. The molecule has 0 radical (unpaired) electrons. The molecule has 2 rings (SSSR count). The number of hydrogen-bond acceptors (Lipinski definition) is 2. The van der Waals surface area contributed by atoms with Crippen LogP contribution in [0, 0.1) is 5.82 Å². The van der Waals surface area contributed by atoms with Crippen LogP contribution in [-0.2, 0) is 16.2 Å². The first-order valence-corrected chi connectivity index (χ1v) is 7.07. The van der Waals surface area contributed by atoms with Crippen molar-refractivity contribution >= 4 is 10.0 Å². The van der Waals surface area contributed by atoms with Crippen LogP contribution in [0.1, 0.15) is 12.0 Å². The summed E-state index contributed by atoms with van der Waals surface area (Å²) in [5.41, 5.74) is -1.66. The van der Waals surface area contributed by atoms with Crippen LogP contribution in [0.3, 0.4) is 0 Å². The van der Waals surface area contributed by atoms with Crippen molar-refractivity contribution in [3.05, 3.63) is 29.6 Å². The van der Waals surface area contributed by atoms with Crippen molar-refractivity contribution in [1.82, 2.24) is 4.31 Å². The summed E-state index contributed by atoms with van der Waals surface area (Å²) in [5, 5.41) is 0. The minimum atomic E-state index is -5.00. The molecule has 1 aliphatic rings. The maximum absolute atomic E-state index is 13.1. The molecule has 1 aromatic rings. The van der Waals surface area contributed by atoms with E-state index in [1.165, 1.54) is 0 Å². The molecule has 0 saturated carbocycles. The van der Waals surface area contributed by atoms with Crippen LogP contribution in [0.15, 0.2) is 23.1 Å². The monoisotopic (exact) mass is 315 g/mol. The van der Waals surface area contributed by atoms with Crippen molar-refractivity contribution in [1.29, 1.82) is 0 Å². The van der Waals surface area contributed by atoms with E-state index in [1.54, 1.807) is 0 Å². The van der Waals surface area contributed by atoms with E-state index in [9.17, 15) is 30.4 Å². The number of hydrogen-bond donors (Lipinski definition) is 0. The lowest BCUT2D eigenvalue weighted by Gasteiger charge is -2.17. The Hall–Kier alpha value is -1.22. The lowest BCUT2D eigenvalue weighted by Crippen LogP contribution is -2.29. The number of alkyl halides is 4. The van der Waals surface area contributed by atoms with E-state index >= 15 is 0 Å². The van der Waals surface area contributed by atoms with E-state index in [0.29, 0.717) is 6.07 Å². The third kappa shape index (κ3) is 2.78. The van der Waals surface area contributed by atoms with E-state index in [0.717, 1.165) is 10.4 Å². The Morgan fingerprint density at radius 1 is 1.25 bits per heavy atom. The Labute approximate surface area is 112 Å². The summed E-state index contributed by atoms with van der Waals surface area (Å²) in [4.78, 5) is -0.694. The van der Waals surface area contributed by atoms with Crippen LogP contribution in [0.5, 0.6) is 0 Å². The minimum Gasteiger partial charge on any atom is -0.246 e. The SMILES string of the molecule is O=S(=O)(c1ccc(F)c(C(F)(F)F)c1)N1CC[C@H](F)C1. The summed E-state index contributed by atoms with van der Waals surface area (Å²) >= 11 is 0. The van der Waals surface area contributed by atoms with Gasteiger partial charge in [-0.25, -0.2) is 17.2 Å². The maximum Gasteiger partial charge on any atom is 0.419 e. The Bertz CT molecular complexity index is 614. The standard InChI is InChI=1S/C11H10F5NO2S/c12-7-3-4-17(6-7)20(18,19)8-1-2-10(13)9(5-8)11(14,15)16/h1-2,5,7H,3-4,6H2/t7-/m0/s1. The maximum atomic E-state index is 13.1. The van der Waals surface area contributed by atoms with E-state index in [2.05, 4.69) is 0 Å². The fourth-order valence-electron chi connectivity index (χ4n) is 1.94. The van der Waals surface area contributed by atoms with Crippen molar-refractivity contribution < 1.29 is 30.4 Å². The average molecular weight is 315 g/mol. The Morgan fingerprint density at radius 3 is 2.40 bits per heavy atom. The number of nitrogens with zero attached hydrogens (tertiary/aromatic N) is 1. The fraction of sp³-hybridized carbons (Fsp3) is 0.455. The van der Waals surface area contributed by atoms with Gasteiger partial charge in [0.1, 0.15) is 12.0 Å². The van der Waals surface area contributed by atoms with Crippen LogP contribution >= 0.6 is 0 Å². The molecule has 0 bridgehead atoms. The number of benzene rings is 1. The molecule has 1 aromatic carbocycles. The summed E-state index contributed by atoms with van der Waals surface area (Å²) in [7, 11) is -4.24. The average Bonchev–Trinajstić information content (AvgIpc) is 2.75. The quantitative estimate of drug-likeness (QED) is 0.787. The Balaban J connectivity index is 2.43. The lowest BCUT2D eigenvalue weighted by molar-refractivity contribution is -0.140. The van der Waals surface area contributed by atoms with Gasteiger partial charge >= 0.3 is 6.18 Å². The van der Waals surface area contributed by atoms with E-state index < -0.39 is 45.2 Å². The molecule has 0 aromatic heterocycles. The zero-order valence-electron chi connectivity index (χ0n) is 9.99. The second-order valence-electron chi connectivity index (χ2n) is 4.39. The molecule has 1 saturated heterocycles. The predicted octanol–water partition coefficient (Wildman–Crippen LogP) is 2.58. The van der Waals surface area contributed by atoms with Crippen molar-refractivity contribution in [3.8, 4) is 0 Å². The van der Waals surface area contributed by atoms with E-state index in [-0.39, 0.29) is 19.0 Å². The first kappa shape index (κ1) is 15.2. The highest BCUT2D eigenvalue weighted by atomic mass is 32.2. The van der Waals surface area contributed by atoms with Gasteiger partial charge in [-0.3, -0.25) is 0 Å². The van der Waals surface area contributed by atoms with Gasteiger partial charge in [-0.1, -0.05) is 0 Å². The molecule has 1 atom stereocenters. The summed E-state index contributed by atoms with van der Waals surface area (Å²) < 4.78 is 88.6. The first-order valence-electron chi connectivity index (χ1n) is 5.63. The molecule has 1 aliphatic heterocycles. The Kier molecular flexibility index (Phi) is 3.76. The summed E-state index contributed by atoms with van der Waals surface area (Å²) in [6.07, 6.45) is -6.34. The zero-order chi connectivity index (χ0) is 15.1. The van der Waals surface area contributed by atoms with Gasteiger partial charge < -0.3 is 0 Å². The largest absolute Gasteiger partial charge is 0.419 e. The van der Waals surface area contributed by atoms with Crippen LogP contribution in [-0.4, -0.2) is 32.0 Å². The minimum absolute atomic E-state index is 0.00739. The third-order valence-electron chi connectivity index (χ3n) is 2.97. The predicted molar refractivity (Wildman–Crippen MR) is 59.7 cm³/mol. The summed E-state index contributed by atoms with van der Waals surface area (Å²) in [6, 6.07) is 1.42. The van der Waals surface area contributed by atoms with Crippen molar-refractivity contribution in [2.45, 2.75) is 23.7 Å². The van der Waals surface area contributed by atoms with Gasteiger partial charge in [0.25, 0.3) is 0 Å². The lowest BCUT2D eigenvalue weighted by atomic mass is 10.2. The van der Waals surface area contributed by atoms with Gasteiger partial charge in [-0.15, -0.1) is 0 Å². The first-order chi connectivity index (χ1) is 9.12. The van der Waals surface area contributed by atoms with Gasteiger partial charge in [0.15, 0.2) is 0 Å². The molecule has 0 spiro atoms. The highest BCUT2D eigenvalue weighted by molar-refractivity contribution is 7.89. The molecular weight excluding hydrogens is 305 g/mol. The molecule has 1 heterocycles. The van der Waals surface area contributed by atoms with Gasteiger partial charge in [0, 0.05) is 13.1 Å². The van der Waals surface area contributed by atoms with Crippen molar-refractivity contribution in [3.63, 3.8) is 0 Å². The molecule has 0 amide bonds. The molecule has 112 valence electrons. The highest BCUT2D eigenvalue weighted by Gasteiger charge is 2.37. The van der Waals surface area contributed by atoms with Crippen LogP contribution in [0.25, 0.3) is 0 Å². The molecule has 0 unspecified atom stereocenters. The number of halogens is 5. The third-order valence-corrected chi connectivity index (χ3v) is 4.84. The van der Waals surface area contributed by atoms with E-state index in [1.807, 2.05) is 0 Å². The topological polar surface area (TPSA) is 37.4 Å². The number of rotatable bonds is 2. The summed E-state index contributed by atoms with van der Waals surface area (Å²) in [5.74, 6) is -1.55.